The normalized spacial score (nSPS) is 11.6. The Labute approximate surface area is 109 Å². The van der Waals surface area contributed by atoms with Crippen molar-refractivity contribution in [1.29, 1.82) is 0 Å². The Bertz CT molecular complexity index is 380. The minimum Gasteiger partial charge on any atom is -0.491 e. The van der Waals surface area contributed by atoms with E-state index in [1.54, 1.807) is 6.07 Å². The highest BCUT2D eigenvalue weighted by molar-refractivity contribution is 5.29. The smallest absolute Gasteiger partial charge is 0.165 e. The van der Waals surface area contributed by atoms with Crippen molar-refractivity contribution in [3.05, 3.63) is 29.6 Å². The second-order valence-electron chi connectivity index (χ2n) is 4.97. The predicted octanol–water partition coefficient (Wildman–Crippen LogP) is 2.44. The van der Waals surface area contributed by atoms with Crippen molar-refractivity contribution >= 4 is 0 Å². The Balaban J connectivity index is 2.61. The average Bonchev–Trinajstić information content (AvgIpc) is 2.30. The van der Waals surface area contributed by atoms with E-state index < -0.39 is 0 Å². The molecule has 0 atom stereocenters. The van der Waals surface area contributed by atoms with Crippen molar-refractivity contribution in [3.8, 4) is 5.75 Å². The first kappa shape index (κ1) is 14.9. The third-order valence-corrected chi connectivity index (χ3v) is 2.84. The molecule has 0 aliphatic rings. The van der Waals surface area contributed by atoms with Crippen molar-refractivity contribution in [2.24, 2.45) is 5.73 Å². The van der Waals surface area contributed by atoms with Gasteiger partial charge in [0, 0.05) is 12.1 Å². The molecule has 3 nitrogen and oxygen atoms in total. The van der Waals surface area contributed by atoms with Crippen LogP contribution in [0.1, 0.15) is 32.8 Å². The molecule has 3 N–H and O–H groups in total. The summed E-state index contributed by atoms with van der Waals surface area (Å²) >= 11 is 0. The van der Waals surface area contributed by atoms with Crippen LogP contribution in [0.25, 0.3) is 0 Å². The molecular formula is C14H23FN2O. The van der Waals surface area contributed by atoms with E-state index in [9.17, 15) is 4.39 Å². The molecule has 0 fully saturated rings. The lowest BCUT2D eigenvalue weighted by molar-refractivity contribution is 0.321. The number of nitrogens with two attached hydrogens (primary N) is 1. The van der Waals surface area contributed by atoms with E-state index in [4.69, 9.17) is 10.5 Å². The molecule has 0 saturated carbocycles. The summed E-state index contributed by atoms with van der Waals surface area (Å²) in [6.07, 6.45) is 0.881. The minimum absolute atomic E-state index is 0.0379. The summed E-state index contributed by atoms with van der Waals surface area (Å²) in [5.41, 5.74) is 6.41. The van der Waals surface area contributed by atoms with Gasteiger partial charge in [0.1, 0.15) is 0 Å². The highest BCUT2D eigenvalue weighted by atomic mass is 19.1. The first-order valence-corrected chi connectivity index (χ1v) is 6.35. The van der Waals surface area contributed by atoms with E-state index in [-0.39, 0.29) is 11.4 Å². The Kier molecular flexibility index (Phi) is 5.56. The van der Waals surface area contributed by atoms with Gasteiger partial charge in [0.15, 0.2) is 11.6 Å². The van der Waals surface area contributed by atoms with Gasteiger partial charge in [-0.1, -0.05) is 6.07 Å². The fourth-order valence-electron chi connectivity index (χ4n) is 1.72. The second kappa shape index (κ2) is 6.71. The van der Waals surface area contributed by atoms with Crippen LogP contribution in [-0.2, 0) is 6.54 Å². The van der Waals surface area contributed by atoms with E-state index in [2.05, 4.69) is 19.2 Å². The van der Waals surface area contributed by atoms with Gasteiger partial charge in [0.2, 0.25) is 0 Å². The Morgan fingerprint density at radius 3 is 2.67 bits per heavy atom. The maximum absolute atomic E-state index is 13.6. The molecule has 1 rings (SSSR count). The van der Waals surface area contributed by atoms with Gasteiger partial charge in [-0.05, 0) is 51.4 Å². The standard InChI is InChI=1S/C14H23FN2O/c1-4-18-13-6-5-11(9-12(13)15)10-17-14(2,3)7-8-16/h5-6,9,17H,4,7-8,10,16H2,1-3H3. The molecule has 18 heavy (non-hydrogen) atoms. The molecular weight excluding hydrogens is 231 g/mol. The Morgan fingerprint density at radius 2 is 2.11 bits per heavy atom. The molecule has 1 aromatic carbocycles. The van der Waals surface area contributed by atoms with Gasteiger partial charge in [-0.25, -0.2) is 4.39 Å². The first-order chi connectivity index (χ1) is 8.48. The van der Waals surface area contributed by atoms with E-state index in [1.807, 2.05) is 13.0 Å². The van der Waals surface area contributed by atoms with Crippen molar-refractivity contribution in [2.75, 3.05) is 13.2 Å². The summed E-state index contributed by atoms with van der Waals surface area (Å²) in [4.78, 5) is 0. The first-order valence-electron chi connectivity index (χ1n) is 6.35. The maximum atomic E-state index is 13.6. The summed E-state index contributed by atoms with van der Waals surface area (Å²) in [5.74, 6) is -0.00440. The number of hydrogen-bond donors (Lipinski definition) is 2. The van der Waals surface area contributed by atoms with Crippen LogP contribution < -0.4 is 15.8 Å². The van der Waals surface area contributed by atoms with Gasteiger partial charge < -0.3 is 15.8 Å². The van der Waals surface area contributed by atoms with Crippen LogP contribution in [0, 0.1) is 5.82 Å². The maximum Gasteiger partial charge on any atom is 0.165 e. The van der Waals surface area contributed by atoms with Gasteiger partial charge in [-0.2, -0.15) is 0 Å². The van der Waals surface area contributed by atoms with Crippen LogP contribution in [0.2, 0.25) is 0 Å². The number of benzene rings is 1. The predicted molar refractivity (Wildman–Crippen MR) is 72.2 cm³/mol. The molecule has 0 unspecified atom stereocenters. The Hall–Kier alpha value is -1.13. The molecule has 0 heterocycles. The summed E-state index contributed by atoms with van der Waals surface area (Å²) in [6.45, 7) is 7.74. The number of halogens is 1. The molecule has 102 valence electrons. The molecule has 4 heteroatoms. The SMILES string of the molecule is CCOc1ccc(CNC(C)(C)CCN)cc1F. The molecule has 0 aromatic heterocycles. The van der Waals surface area contributed by atoms with E-state index >= 15 is 0 Å². The second-order valence-corrected chi connectivity index (χ2v) is 4.97. The minimum atomic E-state index is -0.312. The van der Waals surface area contributed by atoms with Gasteiger partial charge in [0.25, 0.3) is 0 Å². The number of rotatable bonds is 7. The lowest BCUT2D eigenvalue weighted by atomic mass is 10.0. The molecule has 0 spiro atoms. The number of hydrogen-bond acceptors (Lipinski definition) is 3. The Morgan fingerprint density at radius 1 is 1.39 bits per heavy atom. The highest BCUT2D eigenvalue weighted by Crippen LogP contribution is 2.19. The van der Waals surface area contributed by atoms with Crippen molar-refractivity contribution in [3.63, 3.8) is 0 Å². The molecule has 1 aromatic rings. The lowest BCUT2D eigenvalue weighted by Crippen LogP contribution is -2.40. The number of nitrogens with one attached hydrogen (secondary N) is 1. The fraction of sp³-hybridized carbons (Fsp3) is 0.571. The van der Waals surface area contributed by atoms with Crippen LogP contribution in [0.3, 0.4) is 0 Å². The quantitative estimate of drug-likeness (QED) is 0.785. The largest absolute Gasteiger partial charge is 0.491 e. The average molecular weight is 254 g/mol. The van der Waals surface area contributed by atoms with Crippen molar-refractivity contribution in [2.45, 2.75) is 39.3 Å². The van der Waals surface area contributed by atoms with Crippen LogP contribution in [0.15, 0.2) is 18.2 Å². The van der Waals surface area contributed by atoms with Crippen LogP contribution in [0.4, 0.5) is 4.39 Å². The fourth-order valence-corrected chi connectivity index (χ4v) is 1.72. The van der Waals surface area contributed by atoms with Crippen molar-refractivity contribution < 1.29 is 9.13 Å². The zero-order valence-corrected chi connectivity index (χ0v) is 11.4. The van der Waals surface area contributed by atoms with Gasteiger partial charge in [0.05, 0.1) is 6.61 Å². The van der Waals surface area contributed by atoms with E-state index in [0.29, 0.717) is 25.4 Å². The summed E-state index contributed by atoms with van der Waals surface area (Å²) in [5, 5.41) is 3.37. The van der Waals surface area contributed by atoms with E-state index in [1.165, 1.54) is 6.07 Å². The molecule has 0 saturated heterocycles. The monoisotopic (exact) mass is 254 g/mol. The zero-order chi connectivity index (χ0) is 13.6. The third kappa shape index (κ3) is 4.63. The van der Waals surface area contributed by atoms with Crippen LogP contribution in [-0.4, -0.2) is 18.7 Å². The molecule has 0 amide bonds. The lowest BCUT2D eigenvalue weighted by Gasteiger charge is -2.25. The number of ether oxygens (including phenoxy) is 1. The summed E-state index contributed by atoms with van der Waals surface area (Å²) in [6, 6.07) is 5.06. The van der Waals surface area contributed by atoms with Gasteiger partial charge in [-0.3, -0.25) is 0 Å². The zero-order valence-electron chi connectivity index (χ0n) is 11.4. The molecule has 0 radical (unpaired) electrons. The summed E-state index contributed by atoms with van der Waals surface area (Å²) < 4.78 is 18.8. The third-order valence-electron chi connectivity index (χ3n) is 2.84. The molecule has 0 aliphatic heterocycles. The van der Waals surface area contributed by atoms with Gasteiger partial charge >= 0.3 is 0 Å². The van der Waals surface area contributed by atoms with Gasteiger partial charge in [-0.15, -0.1) is 0 Å². The van der Waals surface area contributed by atoms with Crippen LogP contribution >= 0.6 is 0 Å². The topological polar surface area (TPSA) is 47.3 Å². The van der Waals surface area contributed by atoms with Crippen molar-refractivity contribution in [1.82, 2.24) is 5.32 Å². The molecule has 0 bridgehead atoms. The van der Waals surface area contributed by atoms with E-state index in [0.717, 1.165) is 12.0 Å². The summed E-state index contributed by atoms with van der Waals surface area (Å²) in [7, 11) is 0. The molecule has 0 aliphatic carbocycles. The van der Waals surface area contributed by atoms with Crippen LogP contribution in [0.5, 0.6) is 5.75 Å². The highest BCUT2D eigenvalue weighted by Gasteiger charge is 2.15.